The summed E-state index contributed by atoms with van der Waals surface area (Å²) in [5.74, 6) is 0. The number of nitrogens with one attached hydrogen (secondary N) is 2. The molecule has 0 radical (unpaired) electrons. The zero-order valence-corrected chi connectivity index (χ0v) is 14.5. The van der Waals surface area contributed by atoms with E-state index in [-0.39, 0.29) is 0 Å². The fourth-order valence-electron chi connectivity index (χ4n) is 3.13. The van der Waals surface area contributed by atoms with Gasteiger partial charge in [0.15, 0.2) is 0 Å². The Labute approximate surface area is 150 Å². The lowest BCUT2D eigenvalue weighted by atomic mass is 10.2. The van der Waals surface area contributed by atoms with Gasteiger partial charge in [0.1, 0.15) is 10.7 Å². The quantitative estimate of drug-likeness (QED) is 0.582. The lowest BCUT2D eigenvalue weighted by Gasteiger charge is -2.10. The first-order valence-electron chi connectivity index (χ1n) is 8.01. The molecule has 2 nitrogen and oxygen atoms in total. The molecule has 0 aromatic heterocycles. The zero-order valence-electron chi connectivity index (χ0n) is 12.9. The number of thioether (sulfide) groups is 2. The molecule has 3 aromatic rings. The van der Waals surface area contributed by atoms with E-state index in [0.29, 0.717) is 10.7 Å². The number of benzene rings is 3. The highest BCUT2D eigenvalue weighted by molar-refractivity contribution is 8.00. The summed E-state index contributed by atoms with van der Waals surface area (Å²) in [6.07, 6.45) is 0. The van der Waals surface area contributed by atoms with E-state index >= 15 is 0 Å². The number of anilines is 2. The number of hydrogen-bond donors (Lipinski definition) is 2. The van der Waals surface area contributed by atoms with Crippen LogP contribution in [0.4, 0.5) is 11.4 Å². The third-order valence-electron chi connectivity index (χ3n) is 4.35. The van der Waals surface area contributed by atoms with E-state index in [1.54, 1.807) is 0 Å². The van der Waals surface area contributed by atoms with Crippen LogP contribution in [-0.2, 0) is 0 Å². The van der Waals surface area contributed by atoms with E-state index in [1.807, 2.05) is 23.5 Å². The van der Waals surface area contributed by atoms with E-state index in [9.17, 15) is 0 Å². The maximum Gasteiger partial charge on any atom is 0.103 e. The molecule has 4 heteroatoms. The Morgan fingerprint density at radius 2 is 1.00 bits per heavy atom. The van der Waals surface area contributed by atoms with Gasteiger partial charge in [0, 0.05) is 9.79 Å². The summed E-state index contributed by atoms with van der Waals surface area (Å²) >= 11 is 3.78. The van der Waals surface area contributed by atoms with Gasteiger partial charge in [-0.15, -0.1) is 0 Å². The molecular formula is C20H16N2S2. The van der Waals surface area contributed by atoms with Gasteiger partial charge in [0.2, 0.25) is 0 Å². The molecule has 5 rings (SSSR count). The molecule has 0 saturated carbocycles. The van der Waals surface area contributed by atoms with Crippen molar-refractivity contribution < 1.29 is 0 Å². The van der Waals surface area contributed by atoms with Gasteiger partial charge in [0.05, 0.1) is 11.4 Å². The fourth-order valence-corrected chi connectivity index (χ4v) is 5.46. The predicted octanol–water partition coefficient (Wildman–Crippen LogP) is 6.12. The van der Waals surface area contributed by atoms with Gasteiger partial charge in [-0.1, -0.05) is 84.2 Å². The summed E-state index contributed by atoms with van der Waals surface area (Å²) in [4.78, 5) is 2.65. The molecule has 0 unspecified atom stereocenters. The number of rotatable bonds is 2. The van der Waals surface area contributed by atoms with Crippen molar-refractivity contribution in [3.63, 3.8) is 0 Å². The maximum absolute atomic E-state index is 3.66. The monoisotopic (exact) mass is 348 g/mol. The maximum atomic E-state index is 3.66. The van der Waals surface area contributed by atoms with Crippen LogP contribution in [0, 0.1) is 0 Å². The van der Waals surface area contributed by atoms with Gasteiger partial charge in [-0.2, -0.15) is 0 Å². The van der Waals surface area contributed by atoms with Crippen molar-refractivity contribution in [1.82, 2.24) is 0 Å². The molecule has 2 heterocycles. The minimum Gasteiger partial charge on any atom is -0.368 e. The second-order valence-electron chi connectivity index (χ2n) is 5.95. The minimum atomic E-state index is 0.304. The van der Waals surface area contributed by atoms with Crippen LogP contribution in [0.2, 0.25) is 0 Å². The van der Waals surface area contributed by atoms with Gasteiger partial charge in [-0.05, 0) is 23.3 Å². The Bertz CT molecular complexity index is 775. The average molecular weight is 348 g/mol. The molecule has 2 N–H and O–H groups in total. The number of hydrogen-bond acceptors (Lipinski definition) is 4. The van der Waals surface area contributed by atoms with Crippen LogP contribution in [0.25, 0.3) is 0 Å². The molecule has 0 fully saturated rings. The van der Waals surface area contributed by atoms with E-state index < -0.39 is 0 Å². The van der Waals surface area contributed by atoms with Gasteiger partial charge < -0.3 is 10.6 Å². The molecule has 24 heavy (non-hydrogen) atoms. The lowest BCUT2D eigenvalue weighted by Crippen LogP contribution is -2.00. The molecular weight excluding hydrogens is 332 g/mol. The van der Waals surface area contributed by atoms with Gasteiger partial charge in [-0.3, -0.25) is 0 Å². The van der Waals surface area contributed by atoms with Crippen LogP contribution in [0.5, 0.6) is 0 Å². The third kappa shape index (κ3) is 2.46. The minimum absolute atomic E-state index is 0.304. The van der Waals surface area contributed by atoms with Crippen molar-refractivity contribution >= 4 is 34.9 Å². The van der Waals surface area contributed by atoms with Gasteiger partial charge in [0.25, 0.3) is 0 Å². The molecule has 3 aromatic carbocycles. The largest absolute Gasteiger partial charge is 0.368 e. The molecule has 0 aliphatic carbocycles. The highest BCUT2D eigenvalue weighted by Gasteiger charge is 2.29. The summed E-state index contributed by atoms with van der Waals surface area (Å²) in [5.41, 5.74) is 5.13. The Hall–Kier alpha value is -2.04. The molecule has 0 amide bonds. The van der Waals surface area contributed by atoms with Crippen LogP contribution < -0.4 is 10.6 Å². The first-order chi connectivity index (χ1) is 11.9. The van der Waals surface area contributed by atoms with Crippen molar-refractivity contribution in [1.29, 1.82) is 0 Å². The van der Waals surface area contributed by atoms with Crippen molar-refractivity contribution in [3.8, 4) is 0 Å². The third-order valence-corrected chi connectivity index (χ3v) is 6.78. The normalized spacial score (nSPS) is 20.8. The Morgan fingerprint density at radius 3 is 1.42 bits per heavy atom. The second kappa shape index (κ2) is 5.80. The molecule has 0 bridgehead atoms. The summed E-state index contributed by atoms with van der Waals surface area (Å²) in [6.45, 7) is 0. The highest BCUT2D eigenvalue weighted by atomic mass is 32.2. The van der Waals surface area contributed by atoms with E-state index in [0.717, 1.165) is 0 Å². The van der Waals surface area contributed by atoms with Gasteiger partial charge in [-0.25, -0.2) is 0 Å². The molecule has 118 valence electrons. The summed E-state index contributed by atoms with van der Waals surface area (Å²) < 4.78 is 0. The summed E-state index contributed by atoms with van der Waals surface area (Å²) in [6, 6.07) is 25.8. The van der Waals surface area contributed by atoms with E-state index in [4.69, 9.17) is 0 Å². The Balaban J connectivity index is 1.41. The van der Waals surface area contributed by atoms with E-state index in [1.165, 1.54) is 32.3 Å². The summed E-state index contributed by atoms with van der Waals surface area (Å²) in [7, 11) is 0. The van der Waals surface area contributed by atoms with Crippen molar-refractivity contribution in [2.75, 3.05) is 10.6 Å². The molecule has 0 spiro atoms. The van der Waals surface area contributed by atoms with Crippen molar-refractivity contribution in [2.45, 2.75) is 20.5 Å². The standard InChI is InChI=1S/C20H16N2S2/c1-3-7-13(8-4-1)19-21-15-11-18-16(12-17(15)23-19)22-20(24-18)14-9-5-2-6-10-14/h1-12,19-22H/t19-,20-/m1/s1. The number of fused-ring (bicyclic) bond motifs is 2. The van der Waals surface area contributed by atoms with Crippen molar-refractivity contribution in [3.05, 3.63) is 83.9 Å². The molecule has 2 aliphatic rings. The SMILES string of the molecule is c1ccc([C@@H]2Nc3cc4c(cc3S2)N[C@@H](c2ccccc2)S4)cc1. The summed E-state index contributed by atoms with van der Waals surface area (Å²) in [5, 5.41) is 7.92. The highest BCUT2D eigenvalue weighted by Crippen LogP contribution is 2.54. The Kier molecular flexibility index (Phi) is 3.46. The zero-order chi connectivity index (χ0) is 15.9. The van der Waals surface area contributed by atoms with Crippen LogP contribution in [0.1, 0.15) is 21.9 Å². The second-order valence-corrected chi connectivity index (χ2v) is 8.24. The molecule has 0 saturated heterocycles. The van der Waals surface area contributed by atoms with Gasteiger partial charge >= 0.3 is 0 Å². The Morgan fingerprint density at radius 1 is 0.583 bits per heavy atom. The van der Waals surface area contributed by atoms with Crippen LogP contribution >= 0.6 is 23.5 Å². The van der Waals surface area contributed by atoms with Crippen LogP contribution in [0.15, 0.2) is 82.6 Å². The lowest BCUT2D eigenvalue weighted by molar-refractivity contribution is 1.12. The smallest absolute Gasteiger partial charge is 0.103 e. The van der Waals surface area contributed by atoms with Crippen LogP contribution in [0.3, 0.4) is 0 Å². The first kappa shape index (κ1) is 14.3. The molecule has 2 aliphatic heterocycles. The topological polar surface area (TPSA) is 24.1 Å². The average Bonchev–Trinajstić information content (AvgIpc) is 3.24. The fraction of sp³-hybridized carbons (Fsp3) is 0.100. The van der Waals surface area contributed by atoms with Crippen molar-refractivity contribution in [2.24, 2.45) is 0 Å². The van der Waals surface area contributed by atoms with Crippen LogP contribution in [-0.4, -0.2) is 0 Å². The molecule has 2 atom stereocenters. The first-order valence-corrected chi connectivity index (χ1v) is 9.77. The predicted molar refractivity (Wildman–Crippen MR) is 104 cm³/mol. The van der Waals surface area contributed by atoms with E-state index in [2.05, 4.69) is 83.4 Å².